The van der Waals surface area contributed by atoms with Crippen molar-refractivity contribution in [2.75, 3.05) is 4.90 Å². The molecule has 0 spiro atoms. The fourth-order valence-electron chi connectivity index (χ4n) is 3.72. The molecule has 0 unspecified atom stereocenters. The van der Waals surface area contributed by atoms with Gasteiger partial charge in [0.2, 0.25) is 15.9 Å². The maximum absolute atomic E-state index is 12.9. The molecule has 27 heavy (non-hydrogen) atoms. The highest BCUT2D eigenvalue weighted by molar-refractivity contribution is 7.89. The van der Waals surface area contributed by atoms with Crippen LogP contribution in [0, 0.1) is 5.92 Å². The number of anilines is 1. The lowest BCUT2D eigenvalue weighted by Gasteiger charge is -2.22. The van der Waals surface area contributed by atoms with Gasteiger partial charge in [0, 0.05) is 22.5 Å². The van der Waals surface area contributed by atoms with E-state index < -0.39 is 10.0 Å². The Morgan fingerprint density at radius 2 is 2.11 bits per heavy atom. The molecule has 5 nitrogen and oxygen atoms in total. The monoisotopic (exact) mass is 404 g/mol. The van der Waals surface area contributed by atoms with Gasteiger partial charge in [-0.2, -0.15) is 0 Å². The van der Waals surface area contributed by atoms with Crippen molar-refractivity contribution in [3.63, 3.8) is 0 Å². The van der Waals surface area contributed by atoms with Crippen LogP contribution in [0.4, 0.5) is 5.69 Å². The molecular weight excluding hydrogens is 380 g/mol. The third-order valence-electron chi connectivity index (χ3n) is 5.33. The van der Waals surface area contributed by atoms with Crippen LogP contribution in [0.2, 0.25) is 0 Å². The minimum absolute atomic E-state index is 0.0773. The molecular formula is C20H24N2O3S2. The predicted molar refractivity (Wildman–Crippen MR) is 107 cm³/mol. The van der Waals surface area contributed by atoms with Crippen LogP contribution in [0.1, 0.15) is 49.6 Å². The average molecular weight is 405 g/mol. The van der Waals surface area contributed by atoms with Gasteiger partial charge < -0.3 is 4.90 Å². The van der Waals surface area contributed by atoms with Gasteiger partial charge in [0.1, 0.15) is 0 Å². The Bertz CT molecular complexity index is 950. The van der Waals surface area contributed by atoms with Gasteiger partial charge in [-0.3, -0.25) is 4.79 Å². The molecule has 1 aromatic heterocycles. The first kappa shape index (κ1) is 18.7. The van der Waals surface area contributed by atoms with Crippen LogP contribution >= 0.6 is 11.3 Å². The van der Waals surface area contributed by atoms with Crippen molar-refractivity contribution in [3.8, 4) is 0 Å². The van der Waals surface area contributed by atoms with Gasteiger partial charge in [-0.15, -0.1) is 11.3 Å². The summed E-state index contributed by atoms with van der Waals surface area (Å²) in [7, 11) is -3.63. The second-order valence-corrected chi connectivity index (χ2v) is 10.1. The van der Waals surface area contributed by atoms with Crippen molar-refractivity contribution >= 4 is 33.0 Å². The normalized spacial score (nSPS) is 20.5. The van der Waals surface area contributed by atoms with Crippen LogP contribution in [0.15, 0.2) is 40.6 Å². The average Bonchev–Trinajstić information content (AvgIpc) is 3.24. The van der Waals surface area contributed by atoms with Crippen molar-refractivity contribution in [2.45, 2.75) is 56.5 Å². The fraction of sp³-hybridized carbons (Fsp3) is 0.450. The van der Waals surface area contributed by atoms with Crippen LogP contribution < -0.4 is 9.62 Å². The Balaban J connectivity index is 1.60. The van der Waals surface area contributed by atoms with Gasteiger partial charge in [0.15, 0.2) is 0 Å². The van der Waals surface area contributed by atoms with Crippen LogP contribution in [-0.2, 0) is 21.2 Å². The van der Waals surface area contributed by atoms with Crippen LogP contribution in [-0.4, -0.2) is 20.4 Å². The Kier molecular flexibility index (Phi) is 4.86. The first-order valence-electron chi connectivity index (χ1n) is 9.42. The Labute approximate surface area is 164 Å². The van der Waals surface area contributed by atoms with Gasteiger partial charge in [-0.05, 0) is 67.8 Å². The van der Waals surface area contributed by atoms with E-state index >= 15 is 0 Å². The second-order valence-electron chi connectivity index (χ2n) is 7.42. The molecule has 0 saturated heterocycles. The molecule has 0 bridgehead atoms. The molecule has 2 heterocycles. The van der Waals surface area contributed by atoms with Crippen LogP contribution in [0.3, 0.4) is 0 Å². The summed E-state index contributed by atoms with van der Waals surface area (Å²) in [6.45, 7) is 4.00. The van der Waals surface area contributed by atoms with Crippen molar-refractivity contribution < 1.29 is 13.2 Å². The Morgan fingerprint density at radius 1 is 1.33 bits per heavy atom. The summed E-state index contributed by atoms with van der Waals surface area (Å²) < 4.78 is 28.7. The number of hydrogen-bond donors (Lipinski definition) is 1. The van der Waals surface area contributed by atoms with E-state index in [0.717, 1.165) is 29.0 Å². The summed E-state index contributed by atoms with van der Waals surface area (Å²) >= 11 is 1.55. The number of carbonyl (C=O) groups is 1. The molecule has 2 aliphatic rings. The lowest BCUT2D eigenvalue weighted by atomic mass is 10.1. The van der Waals surface area contributed by atoms with Crippen molar-refractivity contribution in [1.29, 1.82) is 0 Å². The number of carbonyl (C=O) groups excluding carboxylic acids is 1. The smallest absolute Gasteiger partial charge is 0.241 e. The Morgan fingerprint density at radius 3 is 2.74 bits per heavy atom. The number of thiophene rings is 1. The van der Waals surface area contributed by atoms with Gasteiger partial charge in [-0.1, -0.05) is 13.0 Å². The van der Waals surface area contributed by atoms with Crippen molar-refractivity contribution in [1.82, 2.24) is 4.72 Å². The summed E-state index contributed by atoms with van der Waals surface area (Å²) in [5.74, 6) is 0.332. The molecule has 1 aliphatic heterocycles. The van der Waals surface area contributed by atoms with Crippen LogP contribution in [0.5, 0.6) is 0 Å². The summed E-state index contributed by atoms with van der Waals surface area (Å²) in [5, 5.41) is 1.95. The zero-order valence-electron chi connectivity index (χ0n) is 15.5. The SMILES string of the molecule is CC[C@H](NS(=O)(=O)c1ccc2c(c1)C[C@@H](C)N2C(=O)C1CC1)c1cccs1. The topological polar surface area (TPSA) is 66.5 Å². The number of rotatable bonds is 6. The number of fused-ring (bicyclic) bond motifs is 1. The first-order valence-corrected chi connectivity index (χ1v) is 11.8. The number of sulfonamides is 1. The third-order valence-corrected chi connectivity index (χ3v) is 7.79. The first-order chi connectivity index (χ1) is 12.9. The lowest BCUT2D eigenvalue weighted by molar-refractivity contribution is -0.120. The summed E-state index contributed by atoms with van der Waals surface area (Å²) in [4.78, 5) is 15.7. The van der Waals surface area contributed by atoms with E-state index in [1.807, 2.05) is 36.3 Å². The molecule has 1 N–H and O–H groups in total. The maximum Gasteiger partial charge on any atom is 0.241 e. The minimum Gasteiger partial charge on any atom is -0.309 e. The molecule has 1 aliphatic carbocycles. The predicted octanol–water partition coefficient (Wildman–Crippen LogP) is 3.87. The highest BCUT2D eigenvalue weighted by Crippen LogP contribution is 2.39. The molecule has 144 valence electrons. The zero-order chi connectivity index (χ0) is 19.2. The quantitative estimate of drug-likeness (QED) is 0.795. The van der Waals surface area contributed by atoms with Crippen LogP contribution in [0.25, 0.3) is 0 Å². The second kappa shape index (κ2) is 7.04. The van der Waals surface area contributed by atoms with E-state index in [-0.39, 0.29) is 28.8 Å². The maximum atomic E-state index is 12.9. The van der Waals surface area contributed by atoms with E-state index in [4.69, 9.17) is 0 Å². The van der Waals surface area contributed by atoms with Gasteiger partial charge >= 0.3 is 0 Å². The van der Waals surface area contributed by atoms with E-state index in [9.17, 15) is 13.2 Å². The third kappa shape index (κ3) is 3.56. The largest absolute Gasteiger partial charge is 0.309 e. The van der Waals surface area contributed by atoms with E-state index in [1.165, 1.54) is 0 Å². The van der Waals surface area contributed by atoms with E-state index in [2.05, 4.69) is 4.72 Å². The highest BCUT2D eigenvalue weighted by Gasteiger charge is 2.39. The summed E-state index contributed by atoms with van der Waals surface area (Å²) in [6.07, 6.45) is 3.31. The molecule has 1 saturated carbocycles. The standard InChI is InChI=1S/C20H24N2O3S2/c1-3-17(19-5-4-10-26-19)21-27(24,25)16-8-9-18-15(12-16)11-13(2)22(18)20(23)14-6-7-14/h4-5,8-10,12-14,17,21H,3,6-7,11H2,1-2H3/t13-,17+/m1/s1. The minimum atomic E-state index is -3.63. The number of benzene rings is 1. The molecule has 2 atom stereocenters. The van der Waals surface area contributed by atoms with Crippen molar-refractivity contribution in [3.05, 3.63) is 46.2 Å². The lowest BCUT2D eigenvalue weighted by Crippen LogP contribution is -2.36. The fourth-order valence-corrected chi connectivity index (χ4v) is 6.01. The molecule has 1 aromatic carbocycles. The van der Waals surface area contributed by atoms with Crippen molar-refractivity contribution in [2.24, 2.45) is 5.92 Å². The molecule has 7 heteroatoms. The molecule has 2 aromatic rings. The number of nitrogens with zero attached hydrogens (tertiary/aromatic N) is 1. The van der Waals surface area contributed by atoms with E-state index in [0.29, 0.717) is 12.8 Å². The summed E-state index contributed by atoms with van der Waals surface area (Å²) in [6, 6.07) is 8.87. The molecule has 4 rings (SSSR count). The van der Waals surface area contributed by atoms with Gasteiger partial charge in [-0.25, -0.2) is 13.1 Å². The molecule has 1 fully saturated rings. The van der Waals surface area contributed by atoms with E-state index in [1.54, 1.807) is 29.5 Å². The molecule has 0 radical (unpaired) electrons. The number of hydrogen-bond acceptors (Lipinski definition) is 4. The van der Waals surface area contributed by atoms with Gasteiger partial charge in [0.25, 0.3) is 0 Å². The Hall–Kier alpha value is -1.70. The van der Waals surface area contributed by atoms with Gasteiger partial charge in [0.05, 0.1) is 10.9 Å². The molecule has 1 amide bonds. The number of amides is 1. The zero-order valence-corrected chi connectivity index (χ0v) is 17.1. The summed E-state index contributed by atoms with van der Waals surface area (Å²) in [5.41, 5.74) is 1.80. The highest BCUT2D eigenvalue weighted by atomic mass is 32.2. The number of nitrogens with one attached hydrogen (secondary N) is 1.